The Labute approximate surface area is 115 Å². The molecule has 1 unspecified atom stereocenters. The van der Waals surface area contributed by atoms with Crippen LogP contribution >= 0.6 is 0 Å². The molecule has 1 fully saturated rings. The molecule has 2 N–H and O–H groups in total. The van der Waals surface area contributed by atoms with Crippen LogP contribution in [0.15, 0.2) is 24.3 Å². The van der Waals surface area contributed by atoms with Crippen molar-refractivity contribution in [2.75, 3.05) is 6.54 Å². The molecule has 20 heavy (non-hydrogen) atoms. The average molecular weight is 286 g/mol. The molecule has 1 aliphatic heterocycles. The Kier molecular flexibility index (Phi) is 4.04. The van der Waals surface area contributed by atoms with Gasteiger partial charge in [-0.1, -0.05) is 12.1 Å². The average Bonchev–Trinajstić information content (AvgIpc) is 2.83. The molecule has 2 rings (SSSR count). The molecule has 0 aliphatic carbocycles. The van der Waals surface area contributed by atoms with Gasteiger partial charge in [-0.2, -0.15) is 13.2 Å². The van der Waals surface area contributed by atoms with Crippen molar-refractivity contribution in [3.8, 4) is 0 Å². The Morgan fingerprint density at radius 1 is 1.45 bits per heavy atom. The third-order valence-electron chi connectivity index (χ3n) is 3.58. The lowest BCUT2D eigenvalue weighted by molar-refractivity contribution is -0.137. The van der Waals surface area contributed by atoms with Crippen LogP contribution in [0.1, 0.15) is 30.9 Å². The monoisotopic (exact) mass is 286 g/mol. The molecule has 0 radical (unpaired) electrons. The number of alkyl halides is 3. The molecule has 1 aliphatic rings. The summed E-state index contributed by atoms with van der Waals surface area (Å²) >= 11 is 0. The minimum absolute atomic E-state index is 0.0972. The minimum Gasteiger partial charge on any atom is -0.350 e. The first-order valence-electron chi connectivity index (χ1n) is 6.51. The number of hydrogen-bond donors (Lipinski definition) is 2. The van der Waals surface area contributed by atoms with E-state index in [-0.39, 0.29) is 12.5 Å². The molecule has 6 heteroatoms. The second kappa shape index (κ2) is 5.44. The van der Waals surface area contributed by atoms with Crippen LogP contribution in [-0.4, -0.2) is 18.0 Å². The van der Waals surface area contributed by atoms with Crippen LogP contribution in [0.4, 0.5) is 13.2 Å². The molecular weight excluding hydrogens is 269 g/mol. The highest BCUT2D eigenvalue weighted by atomic mass is 19.4. The zero-order chi connectivity index (χ0) is 14.8. The third kappa shape index (κ3) is 3.30. The quantitative estimate of drug-likeness (QED) is 0.896. The molecule has 1 atom stereocenters. The number of amides is 1. The normalized spacial score (nSPS) is 22.8. The minimum atomic E-state index is -4.36. The van der Waals surface area contributed by atoms with E-state index in [2.05, 4.69) is 10.6 Å². The standard InChI is InChI=1S/C14H17F3N2O/c1-13(6-3-7-19-13)12(20)18-9-10-4-2-5-11(8-10)14(15,16)17/h2,4-5,8,19H,3,6-7,9H2,1H3,(H,18,20). The first-order chi connectivity index (χ1) is 9.31. The van der Waals surface area contributed by atoms with E-state index in [4.69, 9.17) is 0 Å². The Morgan fingerprint density at radius 3 is 2.80 bits per heavy atom. The van der Waals surface area contributed by atoms with Crippen LogP contribution in [-0.2, 0) is 17.5 Å². The first-order valence-corrected chi connectivity index (χ1v) is 6.51. The van der Waals surface area contributed by atoms with Crippen LogP contribution in [0.25, 0.3) is 0 Å². The van der Waals surface area contributed by atoms with Crippen LogP contribution in [0.3, 0.4) is 0 Å². The van der Waals surface area contributed by atoms with Crippen molar-refractivity contribution in [3.63, 3.8) is 0 Å². The number of hydrogen-bond acceptors (Lipinski definition) is 2. The Bertz CT molecular complexity index is 493. The van der Waals surface area contributed by atoms with Crippen molar-refractivity contribution in [1.82, 2.24) is 10.6 Å². The zero-order valence-corrected chi connectivity index (χ0v) is 11.2. The van der Waals surface area contributed by atoms with Gasteiger partial charge in [-0.15, -0.1) is 0 Å². The lowest BCUT2D eigenvalue weighted by Gasteiger charge is -2.23. The largest absolute Gasteiger partial charge is 0.416 e. The van der Waals surface area contributed by atoms with Gasteiger partial charge >= 0.3 is 6.18 Å². The molecular formula is C14H17F3N2O. The van der Waals surface area contributed by atoms with E-state index in [1.54, 1.807) is 6.07 Å². The van der Waals surface area contributed by atoms with Crippen molar-refractivity contribution >= 4 is 5.91 Å². The topological polar surface area (TPSA) is 41.1 Å². The number of halogens is 3. The van der Waals surface area contributed by atoms with Crippen LogP contribution in [0.2, 0.25) is 0 Å². The Morgan fingerprint density at radius 2 is 2.20 bits per heavy atom. The van der Waals surface area contributed by atoms with E-state index < -0.39 is 17.3 Å². The summed E-state index contributed by atoms with van der Waals surface area (Å²) in [6.07, 6.45) is -2.70. The van der Waals surface area contributed by atoms with E-state index in [0.29, 0.717) is 5.56 Å². The molecule has 1 aromatic carbocycles. The van der Waals surface area contributed by atoms with Crippen molar-refractivity contribution in [2.45, 2.75) is 38.0 Å². The molecule has 0 bridgehead atoms. The Balaban J connectivity index is 1.99. The molecule has 0 spiro atoms. The number of rotatable bonds is 3. The van der Waals surface area contributed by atoms with Crippen molar-refractivity contribution in [3.05, 3.63) is 35.4 Å². The second-order valence-corrected chi connectivity index (χ2v) is 5.24. The fraction of sp³-hybridized carbons (Fsp3) is 0.500. The number of nitrogens with one attached hydrogen (secondary N) is 2. The van der Waals surface area contributed by atoms with Crippen molar-refractivity contribution in [2.24, 2.45) is 0 Å². The molecule has 0 aromatic heterocycles. The van der Waals surface area contributed by atoms with E-state index in [1.807, 2.05) is 6.92 Å². The number of benzene rings is 1. The maximum Gasteiger partial charge on any atom is 0.416 e. The van der Waals surface area contributed by atoms with Gasteiger partial charge in [0.2, 0.25) is 5.91 Å². The van der Waals surface area contributed by atoms with E-state index in [0.717, 1.165) is 31.5 Å². The van der Waals surface area contributed by atoms with Crippen LogP contribution in [0, 0.1) is 0 Å². The van der Waals surface area contributed by atoms with Gasteiger partial charge in [-0.05, 0) is 44.0 Å². The van der Waals surface area contributed by atoms with E-state index >= 15 is 0 Å². The summed E-state index contributed by atoms with van der Waals surface area (Å²) in [5.74, 6) is -0.174. The van der Waals surface area contributed by atoms with Gasteiger partial charge in [0, 0.05) is 6.54 Å². The van der Waals surface area contributed by atoms with Gasteiger partial charge in [-0.25, -0.2) is 0 Å². The van der Waals surface area contributed by atoms with Gasteiger partial charge in [0.1, 0.15) is 0 Å². The maximum atomic E-state index is 12.6. The SMILES string of the molecule is CC1(C(=O)NCc2cccc(C(F)(F)F)c2)CCCN1. The van der Waals surface area contributed by atoms with E-state index in [9.17, 15) is 18.0 Å². The molecule has 110 valence electrons. The van der Waals surface area contributed by atoms with Gasteiger partial charge in [0.15, 0.2) is 0 Å². The summed E-state index contributed by atoms with van der Waals surface area (Å²) in [7, 11) is 0. The molecule has 1 amide bonds. The van der Waals surface area contributed by atoms with Gasteiger partial charge in [-0.3, -0.25) is 4.79 Å². The lowest BCUT2D eigenvalue weighted by Crippen LogP contribution is -2.50. The van der Waals surface area contributed by atoms with Gasteiger partial charge < -0.3 is 10.6 Å². The highest BCUT2D eigenvalue weighted by molar-refractivity contribution is 5.86. The molecule has 0 saturated carbocycles. The highest BCUT2D eigenvalue weighted by Gasteiger charge is 2.35. The van der Waals surface area contributed by atoms with Gasteiger partial charge in [0.25, 0.3) is 0 Å². The van der Waals surface area contributed by atoms with E-state index in [1.165, 1.54) is 6.07 Å². The third-order valence-corrected chi connectivity index (χ3v) is 3.58. The Hall–Kier alpha value is -1.56. The molecule has 1 heterocycles. The molecule has 1 aromatic rings. The fourth-order valence-electron chi connectivity index (χ4n) is 2.32. The van der Waals surface area contributed by atoms with Crippen LogP contribution in [0.5, 0.6) is 0 Å². The van der Waals surface area contributed by atoms with Crippen LogP contribution < -0.4 is 10.6 Å². The molecule has 1 saturated heterocycles. The smallest absolute Gasteiger partial charge is 0.350 e. The summed E-state index contributed by atoms with van der Waals surface area (Å²) in [6.45, 7) is 2.69. The molecule has 3 nitrogen and oxygen atoms in total. The maximum absolute atomic E-state index is 12.6. The second-order valence-electron chi connectivity index (χ2n) is 5.24. The van der Waals surface area contributed by atoms with Crippen molar-refractivity contribution in [1.29, 1.82) is 0 Å². The number of carbonyl (C=O) groups is 1. The zero-order valence-electron chi connectivity index (χ0n) is 11.2. The number of carbonyl (C=O) groups excluding carboxylic acids is 1. The highest BCUT2D eigenvalue weighted by Crippen LogP contribution is 2.29. The summed E-state index contributed by atoms with van der Waals surface area (Å²) in [5.41, 5.74) is -0.869. The predicted molar refractivity (Wildman–Crippen MR) is 68.9 cm³/mol. The van der Waals surface area contributed by atoms with Gasteiger partial charge in [0.05, 0.1) is 11.1 Å². The predicted octanol–water partition coefficient (Wildman–Crippen LogP) is 2.46. The summed E-state index contributed by atoms with van der Waals surface area (Å²) in [5, 5.41) is 5.80. The summed E-state index contributed by atoms with van der Waals surface area (Å²) in [4.78, 5) is 12.0. The summed E-state index contributed by atoms with van der Waals surface area (Å²) in [6, 6.07) is 5.00. The van der Waals surface area contributed by atoms with Crippen molar-refractivity contribution < 1.29 is 18.0 Å². The first kappa shape index (κ1) is 14.8. The summed E-state index contributed by atoms with van der Waals surface area (Å²) < 4.78 is 37.7. The fourth-order valence-corrected chi connectivity index (χ4v) is 2.32. The lowest BCUT2D eigenvalue weighted by atomic mass is 9.99.